The lowest BCUT2D eigenvalue weighted by Crippen LogP contribution is -2.56. The van der Waals surface area contributed by atoms with Crippen molar-refractivity contribution >= 4 is 6.03 Å². The van der Waals surface area contributed by atoms with E-state index in [0.717, 1.165) is 39.0 Å². The van der Waals surface area contributed by atoms with Gasteiger partial charge in [0.05, 0.1) is 19.3 Å². The molecular formula is C19H36N4O3. The van der Waals surface area contributed by atoms with Gasteiger partial charge in [-0.15, -0.1) is 0 Å². The van der Waals surface area contributed by atoms with Crippen LogP contribution in [0.2, 0.25) is 0 Å². The van der Waals surface area contributed by atoms with Crippen molar-refractivity contribution in [2.24, 2.45) is 0 Å². The molecule has 0 aromatic heterocycles. The maximum absolute atomic E-state index is 12.6. The van der Waals surface area contributed by atoms with Gasteiger partial charge in [0.1, 0.15) is 6.10 Å². The normalized spacial score (nSPS) is 29.5. The number of piperazine rings is 1. The molecule has 3 saturated heterocycles. The summed E-state index contributed by atoms with van der Waals surface area (Å²) < 4.78 is 11.1. The van der Waals surface area contributed by atoms with Gasteiger partial charge in [-0.2, -0.15) is 0 Å². The fourth-order valence-corrected chi connectivity index (χ4v) is 4.35. The van der Waals surface area contributed by atoms with E-state index in [-0.39, 0.29) is 18.2 Å². The van der Waals surface area contributed by atoms with Crippen LogP contribution in [-0.4, -0.2) is 104 Å². The minimum atomic E-state index is -0.0238. The largest absolute Gasteiger partial charge is 0.376 e. The summed E-state index contributed by atoms with van der Waals surface area (Å²) in [6, 6.07) is 1.28. The Morgan fingerprint density at radius 3 is 2.42 bits per heavy atom. The van der Waals surface area contributed by atoms with Gasteiger partial charge in [-0.05, 0) is 33.6 Å². The quantitative estimate of drug-likeness (QED) is 0.784. The van der Waals surface area contributed by atoms with Crippen LogP contribution in [0.5, 0.6) is 0 Å². The molecule has 0 aromatic rings. The molecule has 2 amide bonds. The number of hydrogen-bond donors (Lipinski definition) is 1. The van der Waals surface area contributed by atoms with Crippen LogP contribution in [0.4, 0.5) is 4.79 Å². The van der Waals surface area contributed by atoms with E-state index >= 15 is 0 Å². The van der Waals surface area contributed by atoms with E-state index in [2.05, 4.69) is 29.0 Å². The Bertz CT molecular complexity index is 446. The van der Waals surface area contributed by atoms with E-state index in [4.69, 9.17) is 9.47 Å². The Labute approximate surface area is 158 Å². The third-order valence-corrected chi connectivity index (χ3v) is 6.07. The molecule has 7 heteroatoms. The molecule has 7 nitrogen and oxygen atoms in total. The van der Waals surface area contributed by atoms with Crippen LogP contribution in [0, 0.1) is 0 Å². The maximum atomic E-state index is 12.6. The van der Waals surface area contributed by atoms with Crippen molar-refractivity contribution < 1.29 is 14.3 Å². The van der Waals surface area contributed by atoms with Gasteiger partial charge in [-0.1, -0.05) is 0 Å². The minimum absolute atomic E-state index is 0.0151. The summed E-state index contributed by atoms with van der Waals surface area (Å²) in [5.74, 6) is 0. The Hall–Kier alpha value is -0.890. The summed E-state index contributed by atoms with van der Waals surface area (Å²) in [7, 11) is 0. The molecule has 1 N–H and O–H groups in total. The van der Waals surface area contributed by atoms with Gasteiger partial charge in [0, 0.05) is 58.0 Å². The first kappa shape index (κ1) is 19.9. The fourth-order valence-electron chi connectivity index (χ4n) is 4.35. The lowest BCUT2D eigenvalue weighted by Gasteiger charge is -2.43. The number of rotatable bonds is 5. The minimum Gasteiger partial charge on any atom is -0.376 e. The number of urea groups is 1. The average molecular weight is 369 g/mol. The molecule has 3 heterocycles. The monoisotopic (exact) mass is 368 g/mol. The van der Waals surface area contributed by atoms with Crippen LogP contribution in [0.1, 0.15) is 33.6 Å². The molecule has 150 valence electrons. The van der Waals surface area contributed by atoms with Crippen LogP contribution in [-0.2, 0) is 9.47 Å². The number of nitrogens with one attached hydrogen (secondary N) is 1. The molecule has 3 aliphatic heterocycles. The van der Waals surface area contributed by atoms with Crippen LogP contribution >= 0.6 is 0 Å². The molecule has 0 aromatic carbocycles. The van der Waals surface area contributed by atoms with Crippen LogP contribution < -0.4 is 5.32 Å². The molecule has 0 saturated carbocycles. The van der Waals surface area contributed by atoms with Crippen molar-refractivity contribution in [3.8, 4) is 0 Å². The van der Waals surface area contributed by atoms with E-state index in [1.54, 1.807) is 0 Å². The van der Waals surface area contributed by atoms with Crippen LogP contribution in [0.25, 0.3) is 0 Å². The van der Waals surface area contributed by atoms with Crippen molar-refractivity contribution in [1.29, 1.82) is 0 Å². The Morgan fingerprint density at radius 1 is 1.12 bits per heavy atom. The maximum Gasteiger partial charge on any atom is 0.317 e. The summed E-state index contributed by atoms with van der Waals surface area (Å²) in [5.41, 5.74) is 0. The molecule has 3 fully saturated rings. The zero-order valence-electron chi connectivity index (χ0n) is 16.7. The second-order valence-electron chi connectivity index (χ2n) is 7.97. The highest BCUT2D eigenvalue weighted by Crippen LogP contribution is 2.19. The molecule has 3 aliphatic rings. The lowest BCUT2D eigenvalue weighted by atomic mass is 10.0. The van der Waals surface area contributed by atoms with E-state index in [0.29, 0.717) is 31.9 Å². The van der Waals surface area contributed by atoms with E-state index in [1.807, 2.05) is 11.8 Å². The van der Waals surface area contributed by atoms with E-state index in [9.17, 15) is 4.79 Å². The predicted octanol–water partition coefficient (Wildman–Crippen LogP) is 0.990. The SMILES string of the molecule is CCO[C@@H]1COC[C@H]1NC(=O)N1CCC(N2CCN(C(C)C)CC2)CC1. The van der Waals surface area contributed by atoms with Crippen molar-refractivity contribution in [3.63, 3.8) is 0 Å². The molecule has 0 unspecified atom stereocenters. The van der Waals surface area contributed by atoms with Crippen molar-refractivity contribution in [1.82, 2.24) is 20.0 Å². The predicted molar refractivity (Wildman–Crippen MR) is 101 cm³/mol. The summed E-state index contributed by atoms with van der Waals surface area (Å²) in [4.78, 5) is 19.7. The second-order valence-corrected chi connectivity index (χ2v) is 7.97. The average Bonchev–Trinajstić information content (AvgIpc) is 3.09. The topological polar surface area (TPSA) is 57.3 Å². The van der Waals surface area contributed by atoms with Gasteiger partial charge in [0.25, 0.3) is 0 Å². The summed E-state index contributed by atoms with van der Waals surface area (Å²) in [6.45, 7) is 14.6. The lowest BCUT2D eigenvalue weighted by molar-refractivity contribution is 0.0397. The van der Waals surface area contributed by atoms with Gasteiger partial charge < -0.3 is 19.7 Å². The highest BCUT2D eigenvalue weighted by atomic mass is 16.5. The molecule has 2 atom stereocenters. The standard InChI is InChI=1S/C19H36N4O3/c1-4-26-18-14-25-13-17(18)20-19(24)23-7-5-16(6-8-23)22-11-9-21(10-12-22)15(2)3/h15-18H,4-14H2,1-3H3,(H,20,24)/t17-,18-/m1/s1. The van der Waals surface area contributed by atoms with Gasteiger partial charge in [-0.3, -0.25) is 9.80 Å². The zero-order chi connectivity index (χ0) is 18.5. The number of nitrogens with zero attached hydrogens (tertiary/aromatic N) is 3. The number of piperidine rings is 1. The number of ether oxygens (including phenoxy) is 2. The molecule has 0 aliphatic carbocycles. The van der Waals surface area contributed by atoms with Crippen LogP contribution in [0.3, 0.4) is 0 Å². The van der Waals surface area contributed by atoms with Crippen molar-refractivity contribution in [2.75, 3.05) is 59.1 Å². The first-order valence-corrected chi connectivity index (χ1v) is 10.3. The molecule has 0 bridgehead atoms. The fraction of sp³-hybridized carbons (Fsp3) is 0.947. The van der Waals surface area contributed by atoms with Gasteiger partial charge in [-0.25, -0.2) is 4.79 Å². The third-order valence-electron chi connectivity index (χ3n) is 6.07. The van der Waals surface area contributed by atoms with Crippen molar-refractivity contribution in [2.45, 2.75) is 57.8 Å². The van der Waals surface area contributed by atoms with E-state index < -0.39 is 0 Å². The van der Waals surface area contributed by atoms with Gasteiger partial charge in [0.15, 0.2) is 0 Å². The molecular weight excluding hydrogens is 332 g/mol. The van der Waals surface area contributed by atoms with E-state index in [1.165, 1.54) is 13.1 Å². The number of hydrogen-bond acceptors (Lipinski definition) is 5. The van der Waals surface area contributed by atoms with Crippen LogP contribution in [0.15, 0.2) is 0 Å². The van der Waals surface area contributed by atoms with Gasteiger partial charge >= 0.3 is 6.03 Å². The molecule has 3 rings (SSSR count). The first-order valence-electron chi connectivity index (χ1n) is 10.3. The molecule has 0 spiro atoms. The highest BCUT2D eigenvalue weighted by molar-refractivity contribution is 5.74. The number of likely N-dealkylation sites (tertiary alicyclic amines) is 1. The second kappa shape index (κ2) is 9.35. The molecule has 26 heavy (non-hydrogen) atoms. The Kier molecular flexibility index (Phi) is 7.14. The summed E-state index contributed by atoms with van der Waals surface area (Å²) >= 11 is 0. The molecule has 0 radical (unpaired) electrons. The zero-order valence-corrected chi connectivity index (χ0v) is 16.7. The first-order chi connectivity index (χ1) is 12.6. The smallest absolute Gasteiger partial charge is 0.317 e. The number of carbonyl (C=O) groups excluding carboxylic acids is 1. The number of carbonyl (C=O) groups is 1. The Balaban J connectivity index is 1.40. The Morgan fingerprint density at radius 2 is 1.81 bits per heavy atom. The highest BCUT2D eigenvalue weighted by Gasteiger charge is 2.33. The van der Waals surface area contributed by atoms with Crippen molar-refractivity contribution in [3.05, 3.63) is 0 Å². The summed E-state index contributed by atoms with van der Waals surface area (Å²) in [5, 5.41) is 3.11. The third kappa shape index (κ3) is 4.88. The number of amides is 2. The summed E-state index contributed by atoms with van der Waals surface area (Å²) in [6.07, 6.45) is 2.13. The van der Waals surface area contributed by atoms with Gasteiger partial charge in [0.2, 0.25) is 0 Å².